The van der Waals surface area contributed by atoms with Crippen molar-refractivity contribution in [2.75, 3.05) is 0 Å². The summed E-state index contributed by atoms with van der Waals surface area (Å²) < 4.78 is 7.11. The van der Waals surface area contributed by atoms with E-state index in [1.165, 1.54) is 0 Å². The quantitative estimate of drug-likeness (QED) is 0.907. The van der Waals surface area contributed by atoms with Crippen molar-refractivity contribution in [1.29, 1.82) is 0 Å². The molecule has 132 valence electrons. The van der Waals surface area contributed by atoms with Crippen LogP contribution in [0.15, 0.2) is 16.7 Å². The van der Waals surface area contributed by atoms with Gasteiger partial charge in [-0.1, -0.05) is 25.9 Å². The maximum atomic E-state index is 12.8. The van der Waals surface area contributed by atoms with E-state index < -0.39 is 0 Å². The number of nitrogens with one attached hydrogen (secondary N) is 1. The predicted molar refractivity (Wildman–Crippen MR) is 95.7 cm³/mol. The maximum absolute atomic E-state index is 12.8. The molecule has 0 bridgehead atoms. The summed E-state index contributed by atoms with van der Waals surface area (Å²) in [5.74, 6) is 1.40. The van der Waals surface area contributed by atoms with Crippen molar-refractivity contribution in [2.45, 2.75) is 67.3 Å². The second kappa shape index (κ2) is 6.11. The van der Waals surface area contributed by atoms with Crippen LogP contribution in [0.2, 0.25) is 0 Å². The van der Waals surface area contributed by atoms with Gasteiger partial charge in [-0.25, -0.2) is 0 Å². The average molecular weight is 331 g/mol. The second-order valence-electron chi connectivity index (χ2n) is 8.49. The number of rotatable bonds is 4. The number of aromatic nitrogens is 2. The molecule has 0 saturated heterocycles. The highest BCUT2D eigenvalue weighted by atomic mass is 16.5. The Kier molecular flexibility index (Phi) is 4.66. The van der Waals surface area contributed by atoms with Gasteiger partial charge in [-0.2, -0.15) is 0 Å². The number of nitrogens with zero attached hydrogens (tertiary/aromatic N) is 2. The van der Waals surface area contributed by atoms with Crippen LogP contribution in [0, 0.1) is 26.2 Å². The maximum Gasteiger partial charge on any atom is 0.253 e. The van der Waals surface area contributed by atoms with E-state index in [-0.39, 0.29) is 16.9 Å². The number of carbonyl (C=O) groups excluding carboxylic acids is 1. The van der Waals surface area contributed by atoms with E-state index in [1.807, 2.05) is 37.5 Å². The van der Waals surface area contributed by atoms with Crippen LogP contribution in [-0.2, 0) is 0 Å². The van der Waals surface area contributed by atoms with Gasteiger partial charge in [0.1, 0.15) is 5.76 Å². The third-order valence-corrected chi connectivity index (χ3v) is 3.94. The minimum atomic E-state index is -0.276. The molecule has 5 heteroatoms. The largest absolute Gasteiger partial charge is 0.360 e. The van der Waals surface area contributed by atoms with Gasteiger partial charge in [0.2, 0.25) is 0 Å². The Morgan fingerprint density at radius 2 is 1.79 bits per heavy atom. The summed E-state index contributed by atoms with van der Waals surface area (Å²) in [5.41, 5.74) is 2.37. The first-order chi connectivity index (χ1) is 10.9. The van der Waals surface area contributed by atoms with Crippen LogP contribution in [0.3, 0.4) is 0 Å². The molecule has 0 aliphatic rings. The van der Waals surface area contributed by atoms with Crippen LogP contribution in [0.25, 0.3) is 5.82 Å². The molecule has 0 saturated carbocycles. The molecule has 0 fully saturated rings. The first-order valence-corrected chi connectivity index (χ1v) is 8.35. The molecular weight excluding hydrogens is 302 g/mol. The number of hydrogen-bond acceptors (Lipinski definition) is 3. The molecule has 0 aromatic carbocycles. The smallest absolute Gasteiger partial charge is 0.253 e. The monoisotopic (exact) mass is 331 g/mol. The lowest BCUT2D eigenvalue weighted by atomic mass is 9.81. The molecule has 0 radical (unpaired) electrons. The van der Waals surface area contributed by atoms with Gasteiger partial charge in [-0.05, 0) is 52.5 Å². The summed E-state index contributed by atoms with van der Waals surface area (Å²) in [7, 11) is 0. The standard InChI is InChI=1S/C19H29N3O2/c1-12-9-15(14(3)22(12)16-10-13(2)24-21-16)17(23)20-19(7,8)11-18(4,5)6/h9-10H,11H2,1-8H3,(H,20,23). The van der Waals surface area contributed by atoms with Crippen molar-refractivity contribution in [3.63, 3.8) is 0 Å². The molecule has 2 aromatic heterocycles. The van der Waals surface area contributed by atoms with Crippen LogP contribution in [-0.4, -0.2) is 21.2 Å². The number of hydrogen-bond donors (Lipinski definition) is 1. The van der Waals surface area contributed by atoms with Gasteiger partial charge in [0.15, 0.2) is 5.82 Å². The van der Waals surface area contributed by atoms with Crippen LogP contribution in [0.1, 0.15) is 68.5 Å². The molecular formula is C19H29N3O2. The SMILES string of the molecule is Cc1cc(-n2c(C)cc(C(=O)NC(C)(C)CC(C)(C)C)c2C)no1. The Bertz CT molecular complexity index is 745. The Labute approximate surface area is 144 Å². The van der Waals surface area contributed by atoms with Crippen molar-refractivity contribution in [2.24, 2.45) is 5.41 Å². The van der Waals surface area contributed by atoms with E-state index in [9.17, 15) is 4.79 Å². The zero-order valence-corrected chi connectivity index (χ0v) is 16.1. The van der Waals surface area contributed by atoms with E-state index in [1.54, 1.807) is 0 Å². The summed E-state index contributed by atoms with van der Waals surface area (Å²) in [6, 6.07) is 3.77. The second-order valence-corrected chi connectivity index (χ2v) is 8.49. The minimum absolute atomic E-state index is 0.0520. The fourth-order valence-electron chi connectivity index (χ4n) is 3.55. The van der Waals surface area contributed by atoms with Gasteiger partial charge in [-0.3, -0.25) is 9.36 Å². The third kappa shape index (κ3) is 4.08. The first kappa shape index (κ1) is 18.3. The number of carbonyl (C=O) groups is 1. The highest BCUT2D eigenvalue weighted by Crippen LogP contribution is 2.28. The van der Waals surface area contributed by atoms with E-state index >= 15 is 0 Å². The zero-order valence-electron chi connectivity index (χ0n) is 16.1. The van der Waals surface area contributed by atoms with E-state index in [0.717, 1.165) is 23.6 Å². The Balaban J connectivity index is 2.28. The summed E-state index contributed by atoms with van der Waals surface area (Å²) in [6.45, 7) is 16.4. The van der Waals surface area contributed by atoms with Crippen molar-refractivity contribution in [1.82, 2.24) is 15.0 Å². The molecule has 2 rings (SSSR count). The normalized spacial score (nSPS) is 12.5. The van der Waals surface area contributed by atoms with E-state index in [4.69, 9.17) is 4.52 Å². The zero-order chi connectivity index (χ0) is 18.3. The minimum Gasteiger partial charge on any atom is -0.360 e. The fraction of sp³-hybridized carbons (Fsp3) is 0.579. The van der Waals surface area contributed by atoms with Crippen LogP contribution >= 0.6 is 0 Å². The molecule has 0 aliphatic heterocycles. The number of amides is 1. The molecule has 0 spiro atoms. The predicted octanol–water partition coefficient (Wildman–Crippen LogP) is 4.34. The van der Waals surface area contributed by atoms with Gasteiger partial charge in [0, 0.05) is 23.0 Å². The van der Waals surface area contributed by atoms with Gasteiger partial charge >= 0.3 is 0 Å². The van der Waals surface area contributed by atoms with Gasteiger partial charge < -0.3 is 9.84 Å². The molecule has 2 heterocycles. The summed E-state index contributed by atoms with van der Waals surface area (Å²) in [4.78, 5) is 12.8. The van der Waals surface area contributed by atoms with Crippen LogP contribution < -0.4 is 5.32 Å². The highest BCUT2D eigenvalue weighted by Gasteiger charge is 2.28. The van der Waals surface area contributed by atoms with Crippen LogP contribution in [0.5, 0.6) is 0 Å². The average Bonchev–Trinajstić information content (AvgIpc) is 2.89. The summed E-state index contributed by atoms with van der Waals surface area (Å²) >= 11 is 0. The summed E-state index contributed by atoms with van der Waals surface area (Å²) in [6.07, 6.45) is 0.896. The highest BCUT2D eigenvalue weighted by molar-refractivity contribution is 5.96. The topological polar surface area (TPSA) is 60.1 Å². The van der Waals surface area contributed by atoms with E-state index in [0.29, 0.717) is 11.4 Å². The first-order valence-electron chi connectivity index (χ1n) is 8.35. The lowest BCUT2D eigenvalue weighted by molar-refractivity contribution is 0.0891. The lowest BCUT2D eigenvalue weighted by Gasteiger charge is -2.33. The van der Waals surface area contributed by atoms with Crippen molar-refractivity contribution >= 4 is 5.91 Å². The lowest BCUT2D eigenvalue weighted by Crippen LogP contribution is -2.45. The molecule has 1 amide bonds. The van der Waals surface area contributed by atoms with Crippen molar-refractivity contribution in [3.05, 3.63) is 34.8 Å². The molecule has 0 atom stereocenters. The third-order valence-electron chi connectivity index (χ3n) is 3.94. The molecule has 2 aromatic rings. The Hall–Kier alpha value is -2.04. The van der Waals surface area contributed by atoms with Crippen LogP contribution in [0.4, 0.5) is 0 Å². The van der Waals surface area contributed by atoms with Gasteiger partial charge in [0.05, 0.1) is 5.56 Å². The Morgan fingerprint density at radius 1 is 1.17 bits per heavy atom. The molecule has 5 nitrogen and oxygen atoms in total. The fourth-order valence-corrected chi connectivity index (χ4v) is 3.55. The number of aryl methyl sites for hydroxylation is 2. The molecule has 0 unspecified atom stereocenters. The van der Waals surface area contributed by atoms with Gasteiger partial charge in [0.25, 0.3) is 5.91 Å². The van der Waals surface area contributed by atoms with Crippen molar-refractivity contribution < 1.29 is 9.32 Å². The molecule has 1 N–H and O–H groups in total. The van der Waals surface area contributed by atoms with Crippen molar-refractivity contribution in [3.8, 4) is 5.82 Å². The Morgan fingerprint density at radius 3 is 2.29 bits per heavy atom. The molecule has 0 aliphatic carbocycles. The summed E-state index contributed by atoms with van der Waals surface area (Å²) in [5, 5.41) is 7.23. The molecule has 24 heavy (non-hydrogen) atoms. The van der Waals surface area contributed by atoms with E-state index in [2.05, 4.69) is 45.1 Å². The van der Waals surface area contributed by atoms with Gasteiger partial charge in [-0.15, -0.1) is 0 Å².